The van der Waals surface area contributed by atoms with E-state index < -0.39 is 11.5 Å². The van der Waals surface area contributed by atoms with Crippen LogP contribution in [0.2, 0.25) is 0 Å². The molecular weight excluding hydrogens is 256 g/mol. The lowest BCUT2D eigenvalue weighted by Gasteiger charge is -2.13. The average molecular weight is 280 g/mol. The molecule has 1 unspecified atom stereocenters. The first kappa shape index (κ1) is 20.4. The number of nitrogens with zero attached hydrogens (tertiary/aromatic N) is 4. The van der Waals surface area contributed by atoms with E-state index in [2.05, 4.69) is 16.3 Å². The molecule has 0 aromatic rings. The maximum absolute atomic E-state index is 9.91. The summed E-state index contributed by atoms with van der Waals surface area (Å²) in [7, 11) is 0. The number of nitriles is 2. The second kappa shape index (κ2) is 9.03. The Morgan fingerprint density at radius 1 is 1.20 bits per heavy atom. The lowest BCUT2D eigenvalue weighted by molar-refractivity contribution is -0.137. The molecule has 0 fully saturated rings. The van der Waals surface area contributed by atoms with Crippen molar-refractivity contribution in [2.45, 2.75) is 65.5 Å². The van der Waals surface area contributed by atoms with E-state index >= 15 is 0 Å². The van der Waals surface area contributed by atoms with E-state index in [1.54, 1.807) is 20.8 Å². The van der Waals surface area contributed by atoms with Crippen LogP contribution in [0.4, 0.5) is 0 Å². The fraction of sp³-hybridized carbons (Fsp3) is 0.786. The predicted octanol–water partition coefficient (Wildman–Crippen LogP) is 3.55. The lowest BCUT2D eigenvalue weighted by Crippen LogP contribution is -2.16. The van der Waals surface area contributed by atoms with Crippen LogP contribution in [0.1, 0.15) is 54.4 Å². The number of carboxylic acid groups (broad SMARTS) is 1. The molecule has 0 spiro atoms. The van der Waals surface area contributed by atoms with Crippen molar-refractivity contribution >= 4 is 5.97 Å². The van der Waals surface area contributed by atoms with Gasteiger partial charge < -0.3 is 5.11 Å². The van der Waals surface area contributed by atoms with E-state index in [0.29, 0.717) is 6.42 Å². The zero-order valence-electron chi connectivity index (χ0n) is 13.1. The third kappa shape index (κ3) is 16.1. The van der Waals surface area contributed by atoms with Gasteiger partial charge in [0.15, 0.2) is 5.54 Å². The smallest absolute Gasteiger partial charge is 0.303 e. The van der Waals surface area contributed by atoms with Crippen molar-refractivity contribution in [2.24, 2.45) is 16.1 Å². The van der Waals surface area contributed by atoms with E-state index in [1.165, 1.54) is 0 Å². The van der Waals surface area contributed by atoms with Gasteiger partial charge in [0.2, 0.25) is 0 Å². The summed E-state index contributed by atoms with van der Waals surface area (Å²) in [6.45, 7) is 11.0. The first-order valence-electron chi connectivity index (χ1n) is 6.40. The summed E-state index contributed by atoms with van der Waals surface area (Å²) >= 11 is 0. The number of azo groups is 1. The van der Waals surface area contributed by atoms with Crippen molar-refractivity contribution in [1.29, 1.82) is 10.5 Å². The van der Waals surface area contributed by atoms with Gasteiger partial charge in [0.1, 0.15) is 0 Å². The van der Waals surface area contributed by atoms with E-state index in [9.17, 15) is 4.79 Å². The topological polar surface area (TPSA) is 110 Å². The highest BCUT2D eigenvalue weighted by molar-refractivity contribution is 5.66. The highest BCUT2D eigenvalue weighted by Gasteiger charge is 2.16. The van der Waals surface area contributed by atoms with Gasteiger partial charge in [-0.15, -0.1) is 0 Å². The summed E-state index contributed by atoms with van der Waals surface area (Å²) in [6, 6.07) is 4.01. The van der Waals surface area contributed by atoms with Crippen molar-refractivity contribution in [3.05, 3.63) is 0 Å². The molecule has 112 valence electrons. The van der Waals surface area contributed by atoms with Crippen LogP contribution in [0.15, 0.2) is 10.2 Å². The van der Waals surface area contributed by atoms with Gasteiger partial charge >= 0.3 is 5.97 Å². The summed E-state index contributed by atoms with van der Waals surface area (Å²) in [5.41, 5.74) is -0.874. The summed E-state index contributed by atoms with van der Waals surface area (Å²) in [6.07, 6.45) is 0.542. The number of rotatable bonds is 4. The first-order valence-corrected chi connectivity index (χ1v) is 6.40. The molecule has 0 aliphatic carbocycles. The van der Waals surface area contributed by atoms with Crippen molar-refractivity contribution < 1.29 is 9.90 Å². The third-order valence-electron chi connectivity index (χ3n) is 1.89. The van der Waals surface area contributed by atoms with Crippen molar-refractivity contribution in [3.63, 3.8) is 0 Å². The van der Waals surface area contributed by atoms with Crippen molar-refractivity contribution in [1.82, 2.24) is 0 Å². The maximum atomic E-state index is 9.91. The fourth-order valence-corrected chi connectivity index (χ4v) is 0.702. The van der Waals surface area contributed by atoms with Gasteiger partial charge in [0.05, 0.1) is 17.7 Å². The molecule has 1 atom stereocenters. The van der Waals surface area contributed by atoms with Gasteiger partial charge in [-0.2, -0.15) is 20.8 Å². The van der Waals surface area contributed by atoms with Crippen LogP contribution < -0.4 is 0 Å². The van der Waals surface area contributed by atoms with Crippen LogP contribution in [0.3, 0.4) is 0 Å². The quantitative estimate of drug-likeness (QED) is 0.794. The summed E-state index contributed by atoms with van der Waals surface area (Å²) in [4.78, 5) is 9.91. The summed E-state index contributed by atoms with van der Waals surface area (Å²) < 4.78 is 0. The first-order chi connectivity index (χ1) is 8.93. The minimum Gasteiger partial charge on any atom is -0.481 e. The Morgan fingerprint density at radius 3 is 2.00 bits per heavy atom. The molecule has 6 heteroatoms. The zero-order valence-corrected chi connectivity index (χ0v) is 13.1. The third-order valence-corrected chi connectivity index (χ3v) is 1.89. The van der Waals surface area contributed by atoms with Gasteiger partial charge in [0.25, 0.3) is 0 Å². The molecule has 0 aliphatic rings. The fourth-order valence-electron chi connectivity index (χ4n) is 0.702. The maximum Gasteiger partial charge on any atom is 0.303 e. The molecule has 0 aromatic heterocycles. The van der Waals surface area contributed by atoms with Crippen LogP contribution in [-0.2, 0) is 4.79 Å². The Bertz CT molecular complexity index is 408. The summed E-state index contributed by atoms with van der Waals surface area (Å²) in [5, 5.41) is 32.9. The monoisotopic (exact) mass is 280 g/mol. The Balaban J connectivity index is 0. The summed E-state index contributed by atoms with van der Waals surface area (Å²) in [5.74, 6) is -0.974. The van der Waals surface area contributed by atoms with Crippen LogP contribution in [0.5, 0.6) is 0 Å². The van der Waals surface area contributed by atoms with Crippen LogP contribution in [0, 0.1) is 28.6 Å². The van der Waals surface area contributed by atoms with Crippen molar-refractivity contribution in [3.8, 4) is 12.1 Å². The highest BCUT2D eigenvalue weighted by atomic mass is 16.4. The van der Waals surface area contributed by atoms with Crippen LogP contribution >= 0.6 is 0 Å². The molecule has 1 N–H and O–H groups in total. The Morgan fingerprint density at radius 2 is 1.70 bits per heavy atom. The molecule has 0 aromatic carbocycles. The Kier molecular flexibility index (Phi) is 9.20. The van der Waals surface area contributed by atoms with Crippen molar-refractivity contribution in [2.75, 3.05) is 0 Å². The van der Waals surface area contributed by atoms with E-state index in [4.69, 9.17) is 15.6 Å². The average Bonchev–Trinajstić information content (AvgIpc) is 2.33. The molecule has 20 heavy (non-hydrogen) atoms. The van der Waals surface area contributed by atoms with E-state index in [0.717, 1.165) is 0 Å². The molecule has 0 saturated carbocycles. The molecule has 0 aliphatic heterocycles. The predicted molar refractivity (Wildman–Crippen MR) is 75.9 cm³/mol. The zero-order chi connectivity index (χ0) is 16.4. The van der Waals surface area contributed by atoms with Crippen LogP contribution in [0.25, 0.3) is 0 Å². The molecule has 0 rings (SSSR count). The Labute approximate surface area is 121 Å². The minimum atomic E-state index is -0.836. The van der Waals surface area contributed by atoms with Gasteiger partial charge in [-0.1, -0.05) is 0 Å². The molecule has 0 radical (unpaired) electrons. The van der Waals surface area contributed by atoms with Gasteiger partial charge in [-0.25, -0.2) is 0 Å². The Hall–Kier alpha value is -1.95. The molecule has 0 heterocycles. The number of carboxylic acids is 1. The van der Waals surface area contributed by atoms with Gasteiger partial charge in [-0.3, -0.25) is 4.79 Å². The molecule has 0 saturated heterocycles. The minimum absolute atomic E-state index is 0.0920. The number of hydrogen-bond donors (Lipinski definition) is 1. The standard InChI is InChI=1S/C8H15N3.C6H9NO2/c1-7(2,3)10-11-8(4,5)6-9;1-5(4-7)2-3-6(8)9/h1-5H3;5H,2-3H2,1H3,(H,8,9). The largest absolute Gasteiger partial charge is 0.481 e. The SMILES string of the molecule is CC(C#N)CCC(=O)O.CC(C)(C)N=NC(C)(C)C#N. The molecular formula is C14H24N4O2. The van der Waals surface area contributed by atoms with Crippen LogP contribution in [-0.4, -0.2) is 22.2 Å². The normalized spacial score (nSPS) is 12.8. The lowest BCUT2D eigenvalue weighted by atomic mass is 10.1. The van der Waals surface area contributed by atoms with E-state index in [1.807, 2.05) is 26.8 Å². The number of carbonyl (C=O) groups is 1. The molecule has 0 bridgehead atoms. The molecule has 0 amide bonds. The number of hydrogen-bond acceptors (Lipinski definition) is 5. The van der Waals surface area contributed by atoms with Gasteiger partial charge in [0, 0.05) is 12.3 Å². The highest BCUT2D eigenvalue weighted by Crippen LogP contribution is 2.13. The second-order valence-corrected chi connectivity index (χ2v) is 6.00. The number of aliphatic carboxylic acids is 1. The van der Waals surface area contributed by atoms with Gasteiger partial charge in [-0.05, 0) is 48.0 Å². The molecule has 6 nitrogen and oxygen atoms in total. The van der Waals surface area contributed by atoms with E-state index in [-0.39, 0.29) is 17.9 Å². The second-order valence-electron chi connectivity index (χ2n) is 6.00.